The van der Waals surface area contributed by atoms with Crippen LogP contribution in [0.4, 0.5) is 22.7 Å². The van der Waals surface area contributed by atoms with Gasteiger partial charge in [-0.2, -0.15) is 0 Å². The second-order valence-corrected chi connectivity index (χ2v) is 18.1. The van der Waals surface area contributed by atoms with Gasteiger partial charge in [0.2, 0.25) is 0 Å². The number of hydrogen-bond donors (Lipinski definition) is 1. The number of rotatable bonds is 8. The molecule has 0 aromatic heterocycles. The highest BCUT2D eigenvalue weighted by Crippen LogP contribution is 2.50. The molecule has 65 heavy (non-hydrogen) atoms. The molecule has 2 heteroatoms. The number of benzene rings is 10. The monoisotopic (exact) mass is 832 g/mol. The molecular formula is C63H48N2. The number of hydrogen-bond acceptors (Lipinski definition) is 2. The number of nitrogens with zero attached hydrogens (tertiary/aromatic N) is 1. The van der Waals surface area contributed by atoms with Crippen molar-refractivity contribution in [1.82, 2.24) is 0 Å². The Balaban J connectivity index is 0.858. The third-order valence-electron chi connectivity index (χ3n) is 14.0. The predicted octanol–water partition coefficient (Wildman–Crippen LogP) is 17.1. The third kappa shape index (κ3) is 6.73. The van der Waals surface area contributed by atoms with E-state index in [1.807, 2.05) is 0 Å². The summed E-state index contributed by atoms with van der Waals surface area (Å²) in [5.74, 6) is 0. The Kier molecular flexibility index (Phi) is 9.35. The fourth-order valence-electron chi connectivity index (χ4n) is 10.7. The van der Waals surface area contributed by atoms with Crippen molar-refractivity contribution in [2.45, 2.75) is 31.7 Å². The van der Waals surface area contributed by atoms with E-state index in [0.717, 1.165) is 17.8 Å². The van der Waals surface area contributed by atoms with Gasteiger partial charge in [0, 0.05) is 33.7 Å². The molecule has 10 aromatic carbocycles. The summed E-state index contributed by atoms with van der Waals surface area (Å²) in [4.78, 5) is 2.53. The van der Waals surface area contributed by atoms with Crippen LogP contribution in [-0.2, 0) is 5.41 Å². The fourth-order valence-corrected chi connectivity index (χ4v) is 10.7. The van der Waals surface area contributed by atoms with Gasteiger partial charge in [-0.15, -0.1) is 0 Å². The van der Waals surface area contributed by atoms with Crippen LogP contribution >= 0.6 is 0 Å². The normalized spacial score (nSPS) is 14.9. The lowest BCUT2D eigenvalue weighted by molar-refractivity contribution is 0.659. The Labute approximate surface area is 381 Å². The molecule has 2 aliphatic carbocycles. The lowest BCUT2D eigenvalue weighted by Gasteiger charge is -2.34. The van der Waals surface area contributed by atoms with Gasteiger partial charge in [-0.05, 0) is 137 Å². The van der Waals surface area contributed by atoms with Crippen molar-refractivity contribution >= 4 is 60.6 Å². The van der Waals surface area contributed by atoms with Crippen molar-refractivity contribution in [2.75, 3.05) is 10.2 Å². The van der Waals surface area contributed by atoms with Crippen molar-refractivity contribution < 1.29 is 0 Å². The van der Waals surface area contributed by atoms with Crippen LogP contribution in [0.15, 0.2) is 231 Å². The molecule has 0 saturated heterocycles. The van der Waals surface area contributed by atoms with Crippen molar-refractivity contribution in [3.63, 3.8) is 0 Å². The Morgan fingerprint density at radius 1 is 0.462 bits per heavy atom. The maximum Gasteiger partial charge on any atom is 0.0560 e. The summed E-state index contributed by atoms with van der Waals surface area (Å²) < 4.78 is 0. The van der Waals surface area contributed by atoms with Crippen LogP contribution in [0.25, 0.3) is 71.3 Å². The average molecular weight is 833 g/mol. The van der Waals surface area contributed by atoms with Crippen molar-refractivity contribution in [1.29, 1.82) is 0 Å². The zero-order chi connectivity index (χ0) is 43.5. The average Bonchev–Trinajstić information content (AvgIpc) is 3.60. The van der Waals surface area contributed by atoms with Crippen molar-refractivity contribution in [3.05, 3.63) is 247 Å². The minimum Gasteiger partial charge on any atom is -0.355 e. The van der Waals surface area contributed by atoms with E-state index in [0.29, 0.717) is 0 Å². The van der Waals surface area contributed by atoms with Crippen LogP contribution in [-0.4, -0.2) is 6.04 Å². The topological polar surface area (TPSA) is 15.3 Å². The van der Waals surface area contributed by atoms with E-state index >= 15 is 0 Å². The molecule has 10 aromatic rings. The Morgan fingerprint density at radius 2 is 1.11 bits per heavy atom. The summed E-state index contributed by atoms with van der Waals surface area (Å²) in [5.41, 5.74) is 17.2. The van der Waals surface area contributed by atoms with Crippen LogP contribution in [0.3, 0.4) is 0 Å². The van der Waals surface area contributed by atoms with Crippen LogP contribution < -0.4 is 10.2 Å². The Morgan fingerprint density at radius 3 is 1.89 bits per heavy atom. The smallest absolute Gasteiger partial charge is 0.0560 e. The zero-order valence-corrected chi connectivity index (χ0v) is 36.7. The van der Waals surface area contributed by atoms with Gasteiger partial charge in [-0.1, -0.05) is 196 Å². The first-order valence-corrected chi connectivity index (χ1v) is 22.9. The van der Waals surface area contributed by atoms with Gasteiger partial charge in [0.1, 0.15) is 0 Å². The highest BCUT2D eigenvalue weighted by atomic mass is 15.2. The second-order valence-electron chi connectivity index (χ2n) is 18.1. The van der Waals surface area contributed by atoms with Crippen LogP contribution in [0.1, 0.15) is 37.0 Å². The summed E-state index contributed by atoms with van der Waals surface area (Å²) in [7, 11) is 0. The van der Waals surface area contributed by atoms with Gasteiger partial charge in [-0.25, -0.2) is 0 Å². The molecule has 0 saturated carbocycles. The molecular weight excluding hydrogens is 785 g/mol. The first-order valence-electron chi connectivity index (χ1n) is 22.9. The van der Waals surface area contributed by atoms with E-state index in [9.17, 15) is 0 Å². The van der Waals surface area contributed by atoms with Crippen molar-refractivity contribution in [3.8, 4) is 33.4 Å². The number of allylic oxidation sites excluding steroid dienone is 2. The molecule has 0 amide bonds. The Hall–Kier alpha value is -7.94. The SMILES string of the molecule is CC1(C)c2ccccc2-c2ccc(N(c3ccc(-c4ccc(Nc5ccccc5-c5cc6ccccc6c6ccc7ccccc7c56)cc4)cc3)[C@H]3C=CC(c4ccccc4)=CC3)cc21. The summed E-state index contributed by atoms with van der Waals surface area (Å²) in [6, 6.07) is 78.0. The number of anilines is 4. The van der Waals surface area contributed by atoms with Gasteiger partial charge >= 0.3 is 0 Å². The zero-order valence-electron chi connectivity index (χ0n) is 36.7. The molecule has 310 valence electrons. The molecule has 2 nitrogen and oxygen atoms in total. The maximum atomic E-state index is 3.81. The number of fused-ring (bicyclic) bond motifs is 8. The first kappa shape index (κ1) is 38.7. The molecule has 2 aliphatic rings. The van der Waals surface area contributed by atoms with E-state index in [2.05, 4.69) is 255 Å². The van der Waals surface area contributed by atoms with Gasteiger partial charge in [0.25, 0.3) is 0 Å². The lowest BCUT2D eigenvalue weighted by atomic mass is 9.82. The number of para-hydroxylation sites is 1. The highest BCUT2D eigenvalue weighted by Gasteiger charge is 2.36. The van der Waals surface area contributed by atoms with E-state index in [1.165, 1.54) is 99.3 Å². The summed E-state index contributed by atoms with van der Waals surface area (Å²) in [6.45, 7) is 4.73. The molecule has 1 atom stereocenters. The van der Waals surface area contributed by atoms with E-state index in [1.54, 1.807) is 0 Å². The summed E-state index contributed by atoms with van der Waals surface area (Å²) in [5, 5.41) is 11.4. The van der Waals surface area contributed by atoms with E-state index < -0.39 is 0 Å². The van der Waals surface area contributed by atoms with Gasteiger partial charge in [-0.3, -0.25) is 0 Å². The molecule has 0 aliphatic heterocycles. The largest absolute Gasteiger partial charge is 0.355 e. The molecule has 0 radical (unpaired) electrons. The maximum absolute atomic E-state index is 3.81. The molecule has 0 bridgehead atoms. The van der Waals surface area contributed by atoms with E-state index in [4.69, 9.17) is 0 Å². The summed E-state index contributed by atoms with van der Waals surface area (Å²) in [6.07, 6.45) is 8.00. The standard InChI is InChI=1S/C63H48N2/c1-63(2)59-22-12-10-20-54(59)55-39-37-51(41-60(55)63)65(49-33-26-44(27-34-49)42-14-4-3-5-15-42)50-35-28-45(29-36-50)43-24-31-48(32-25-43)64-61-23-13-11-21-56(61)58-40-47-17-7-8-18-52(47)57-38-30-46-16-6-9-19-53(46)62(57)58/h3-33,35-41,49,64H,34H2,1-2H3/t49-/m0/s1. The summed E-state index contributed by atoms with van der Waals surface area (Å²) >= 11 is 0. The van der Waals surface area contributed by atoms with E-state index in [-0.39, 0.29) is 11.5 Å². The van der Waals surface area contributed by atoms with Gasteiger partial charge in [0.15, 0.2) is 0 Å². The third-order valence-corrected chi connectivity index (χ3v) is 14.0. The fraction of sp³-hybridized carbons (Fsp3) is 0.0794. The van der Waals surface area contributed by atoms with Crippen LogP contribution in [0.2, 0.25) is 0 Å². The van der Waals surface area contributed by atoms with Crippen LogP contribution in [0.5, 0.6) is 0 Å². The predicted molar refractivity (Wildman–Crippen MR) is 278 cm³/mol. The van der Waals surface area contributed by atoms with Gasteiger partial charge in [0.05, 0.1) is 6.04 Å². The minimum atomic E-state index is -0.0803. The lowest BCUT2D eigenvalue weighted by Crippen LogP contribution is -2.30. The number of nitrogens with one attached hydrogen (secondary N) is 1. The molecule has 12 rings (SSSR count). The molecule has 0 unspecified atom stereocenters. The van der Waals surface area contributed by atoms with Crippen LogP contribution in [0, 0.1) is 0 Å². The Bertz CT molecular complexity index is 3500. The molecule has 0 heterocycles. The van der Waals surface area contributed by atoms with Crippen molar-refractivity contribution in [2.24, 2.45) is 0 Å². The minimum absolute atomic E-state index is 0.0803. The molecule has 1 N–H and O–H groups in total. The molecule has 0 fully saturated rings. The molecule has 0 spiro atoms. The van der Waals surface area contributed by atoms with Gasteiger partial charge < -0.3 is 10.2 Å². The second kappa shape index (κ2) is 15.7. The first-order chi connectivity index (χ1) is 32.0. The quantitative estimate of drug-likeness (QED) is 0.153. The highest BCUT2D eigenvalue weighted by molar-refractivity contribution is 6.23.